The number of ether oxygens (including phenoxy) is 2. The molecule has 5 nitrogen and oxygen atoms in total. The van der Waals surface area contributed by atoms with Gasteiger partial charge in [-0.15, -0.1) is 0 Å². The van der Waals surface area contributed by atoms with Gasteiger partial charge in [0.15, 0.2) is 23.1 Å². The van der Waals surface area contributed by atoms with E-state index in [1.807, 2.05) is 0 Å². The molecule has 0 saturated carbocycles. The Morgan fingerprint density at radius 1 is 1.17 bits per heavy atom. The fourth-order valence-corrected chi connectivity index (χ4v) is 3.06. The largest absolute Gasteiger partial charge is 0.493 e. The Morgan fingerprint density at radius 3 is 2.46 bits per heavy atom. The van der Waals surface area contributed by atoms with Crippen LogP contribution in [0.15, 0.2) is 24.4 Å². The van der Waals surface area contributed by atoms with Crippen LogP contribution in [0.2, 0.25) is 10.2 Å². The van der Waals surface area contributed by atoms with Gasteiger partial charge in [-0.25, -0.2) is 4.98 Å². The molecule has 0 fully saturated rings. The Hall–Kier alpha value is -2.11. The first-order valence-electron chi connectivity index (χ1n) is 7.10. The van der Waals surface area contributed by atoms with Crippen molar-refractivity contribution >= 4 is 34.8 Å². The second-order valence-electron chi connectivity index (χ2n) is 5.35. The summed E-state index contributed by atoms with van der Waals surface area (Å²) in [6.45, 7) is 0. The highest BCUT2D eigenvalue weighted by Crippen LogP contribution is 2.37. The molecule has 24 heavy (non-hydrogen) atoms. The van der Waals surface area contributed by atoms with Crippen molar-refractivity contribution in [3.05, 3.63) is 51.3 Å². The van der Waals surface area contributed by atoms with Gasteiger partial charge in [-0.2, -0.15) is 0 Å². The van der Waals surface area contributed by atoms with Crippen LogP contribution >= 0.6 is 23.2 Å². The summed E-state index contributed by atoms with van der Waals surface area (Å²) in [6, 6.07) is 4.76. The minimum Gasteiger partial charge on any atom is -0.493 e. The molecule has 0 bridgehead atoms. The molecule has 0 saturated heterocycles. The van der Waals surface area contributed by atoms with E-state index in [9.17, 15) is 9.59 Å². The number of methoxy groups -OCH3 is 2. The Kier molecular flexibility index (Phi) is 4.47. The molecule has 1 aromatic carbocycles. The summed E-state index contributed by atoms with van der Waals surface area (Å²) in [5, 5.41) is 0.289. The zero-order chi connectivity index (χ0) is 17.4. The molecule has 0 N–H and O–H groups in total. The molecule has 1 aliphatic rings. The molecule has 0 spiro atoms. The lowest BCUT2D eigenvalue weighted by atomic mass is 9.95. The van der Waals surface area contributed by atoms with Gasteiger partial charge in [0.05, 0.1) is 25.2 Å². The summed E-state index contributed by atoms with van der Waals surface area (Å²) >= 11 is 11.7. The number of hydrogen-bond acceptors (Lipinski definition) is 5. The van der Waals surface area contributed by atoms with Crippen molar-refractivity contribution in [2.24, 2.45) is 5.92 Å². The molecule has 0 amide bonds. The summed E-state index contributed by atoms with van der Waals surface area (Å²) in [5.74, 6) is -0.416. The number of benzene rings is 1. The molecule has 1 heterocycles. The lowest BCUT2D eigenvalue weighted by molar-refractivity contribution is 0.0822. The second-order valence-corrected chi connectivity index (χ2v) is 6.11. The van der Waals surface area contributed by atoms with E-state index in [-0.39, 0.29) is 27.3 Å². The summed E-state index contributed by atoms with van der Waals surface area (Å²) in [6.07, 6.45) is 1.63. The number of pyridine rings is 1. The number of aromatic nitrogens is 1. The molecular weight excluding hydrogens is 353 g/mol. The van der Waals surface area contributed by atoms with Gasteiger partial charge in [0.2, 0.25) is 0 Å². The van der Waals surface area contributed by atoms with Crippen LogP contribution < -0.4 is 9.47 Å². The molecule has 1 unspecified atom stereocenters. The standard InChI is InChI=1S/C17H13Cl2NO4/c1-23-13-5-8-3-11(16(22)10(8)6-14(13)24-2)15(21)9-4-12(18)17(19)20-7-9/h4-7,11H,3H2,1-2H3. The normalized spacial score (nSPS) is 16.0. The van der Waals surface area contributed by atoms with Gasteiger partial charge < -0.3 is 9.47 Å². The number of hydrogen-bond donors (Lipinski definition) is 0. The van der Waals surface area contributed by atoms with Crippen LogP contribution in [0.25, 0.3) is 0 Å². The van der Waals surface area contributed by atoms with Gasteiger partial charge in [-0.3, -0.25) is 9.59 Å². The SMILES string of the molecule is COc1cc2c(cc1OC)C(=O)C(C(=O)c1cnc(Cl)c(Cl)c1)C2. The molecule has 3 rings (SSSR count). The molecule has 1 atom stereocenters. The smallest absolute Gasteiger partial charge is 0.175 e. The number of carbonyl (C=O) groups excluding carboxylic acids is 2. The van der Waals surface area contributed by atoms with Crippen LogP contribution in [-0.2, 0) is 6.42 Å². The first-order valence-corrected chi connectivity index (χ1v) is 7.86. The average molecular weight is 366 g/mol. The predicted octanol–water partition coefficient (Wildman–Crippen LogP) is 3.64. The summed E-state index contributed by atoms with van der Waals surface area (Å²) in [4.78, 5) is 29.2. The zero-order valence-corrected chi connectivity index (χ0v) is 14.4. The van der Waals surface area contributed by atoms with E-state index in [2.05, 4.69) is 4.98 Å². The maximum atomic E-state index is 12.7. The lowest BCUT2D eigenvalue weighted by Crippen LogP contribution is -2.21. The third kappa shape index (κ3) is 2.74. The van der Waals surface area contributed by atoms with Crippen molar-refractivity contribution in [2.45, 2.75) is 6.42 Å². The number of ketones is 2. The van der Waals surface area contributed by atoms with Crippen molar-refractivity contribution < 1.29 is 19.1 Å². The Morgan fingerprint density at radius 2 is 1.83 bits per heavy atom. The molecule has 0 radical (unpaired) electrons. The molecule has 1 aromatic heterocycles. The van der Waals surface area contributed by atoms with Crippen molar-refractivity contribution in [2.75, 3.05) is 14.2 Å². The molecule has 7 heteroatoms. The van der Waals surface area contributed by atoms with E-state index in [1.165, 1.54) is 26.5 Å². The maximum Gasteiger partial charge on any atom is 0.175 e. The van der Waals surface area contributed by atoms with Crippen LogP contribution in [0.5, 0.6) is 11.5 Å². The summed E-state index contributed by atoms with van der Waals surface area (Å²) < 4.78 is 10.5. The van der Waals surface area contributed by atoms with Gasteiger partial charge in [-0.1, -0.05) is 23.2 Å². The van der Waals surface area contributed by atoms with Crippen LogP contribution in [-0.4, -0.2) is 30.8 Å². The number of halogens is 2. The predicted molar refractivity (Wildman–Crippen MR) is 89.7 cm³/mol. The molecule has 2 aromatic rings. The molecule has 1 aliphatic carbocycles. The van der Waals surface area contributed by atoms with Crippen LogP contribution in [0.1, 0.15) is 26.3 Å². The minimum atomic E-state index is -0.809. The van der Waals surface area contributed by atoms with Gasteiger partial charge in [0.25, 0.3) is 0 Å². The Labute approximate surface area is 148 Å². The Bertz CT molecular complexity index is 851. The first kappa shape index (κ1) is 16.7. The number of rotatable bonds is 4. The average Bonchev–Trinajstić information content (AvgIpc) is 2.91. The fourth-order valence-electron chi connectivity index (χ4n) is 2.79. The van der Waals surface area contributed by atoms with E-state index < -0.39 is 5.92 Å². The second kappa shape index (κ2) is 6.42. The van der Waals surface area contributed by atoms with E-state index in [4.69, 9.17) is 32.7 Å². The van der Waals surface area contributed by atoms with Gasteiger partial charge in [0.1, 0.15) is 5.15 Å². The van der Waals surface area contributed by atoms with E-state index in [0.29, 0.717) is 23.5 Å². The van der Waals surface area contributed by atoms with Gasteiger partial charge >= 0.3 is 0 Å². The highest BCUT2D eigenvalue weighted by Gasteiger charge is 2.37. The topological polar surface area (TPSA) is 65.5 Å². The van der Waals surface area contributed by atoms with Gasteiger partial charge in [-0.05, 0) is 30.2 Å². The number of carbonyl (C=O) groups is 2. The fraction of sp³-hybridized carbons (Fsp3) is 0.235. The highest BCUT2D eigenvalue weighted by molar-refractivity contribution is 6.41. The third-order valence-corrected chi connectivity index (χ3v) is 4.70. The van der Waals surface area contributed by atoms with Crippen molar-refractivity contribution in [1.29, 1.82) is 0 Å². The minimum absolute atomic E-state index is 0.115. The summed E-state index contributed by atoms with van der Waals surface area (Å²) in [5.41, 5.74) is 1.48. The molecular formula is C17H13Cl2NO4. The van der Waals surface area contributed by atoms with Crippen molar-refractivity contribution in [1.82, 2.24) is 4.98 Å². The lowest BCUT2D eigenvalue weighted by Gasteiger charge is -2.09. The first-order chi connectivity index (χ1) is 11.5. The number of nitrogens with zero attached hydrogens (tertiary/aromatic N) is 1. The van der Waals surface area contributed by atoms with E-state index >= 15 is 0 Å². The number of Topliss-reactive ketones (excluding diaryl/α,β-unsaturated/α-hetero) is 2. The molecule has 0 aliphatic heterocycles. The number of fused-ring (bicyclic) bond motifs is 1. The monoisotopic (exact) mass is 365 g/mol. The van der Waals surface area contributed by atoms with E-state index in [0.717, 1.165) is 5.56 Å². The van der Waals surface area contributed by atoms with Crippen LogP contribution in [0, 0.1) is 5.92 Å². The van der Waals surface area contributed by atoms with Gasteiger partial charge in [0, 0.05) is 17.3 Å². The summed E-state index contributed by atoms with van der Waals surface area (Å²) in [7, 11) is 3.01. The third-order valence-electron chi connectivity index (χ3n) is 4.01. The maximum absolute atomic E-state index is 12.7. The van der Waals surface area contributed by atoms with Crippen molar-refractivity contribution in [3.8, 4) is 11.5 Å². The zero-order valence-electron chi connectivity index (χ0n) is 12.9. The highest BCUT2D eigenvalue weighted by atomic mass is 35.5. The van der Waals surface area contributed by atoms with Crippen molar-refractivity contribution in [3.63, 3.8) is 0 Å². The van der Waals surface area contributed by atoms with Crippen LogP contribution in [0.4, 0.5) is 0 Å². The van der Waals surface area contributed by atoms with Crippen LogP contribution in [0.3, 0.4) is 0 Å². The molecule has 124 valence electrons. The quantitative estimate of drug-likeness (QED) is 0.470. The Balaban J connectivity index is 1.95. The van der Waals surface area contributed by atoms with E-state index in [1.54, 1.807) is 12.1 Å².